The van der Waals surface area contributed by atoms with Gasteiger partial charge in [-0.05, 0) is 19.1 Å². The van der Waals surface area contributed by atoms with Crippen LogP contribution >= 0.6 is 11.3 Å². The first-order valence-electron chi connectivity index (χ1n) is 8.01. The highest BCUT2D eigenvalue weighted by Crippen LogP contribution is 2.30. The van der Waals surface area contributed by atoms with Gasteiger partial charge in [-0.3, -0.25) is 14.4 Å². The monoisotopic (exact) mass is 375 g/mol. The zero-order valence-electron chi connectivity index (χ0n) is 14.0. The number of carboxylic acids is 1. The molecular weight excluding hydrogens is 358 g/mol. The van der Waals surface area contributed by atoms with Crippen molar-refractivity contribution in [3.63, 3.8) is 0 Å². The molecule has 2 aromatic rings. The number of amides is 2. The number of hydrogen-bond donors (Lipinski definition) is 2. The minimum atomic E-state index is -1.02. The first kappa shape index (κ1) is 17.9. The Morgan fingerprint density at radius 1 is 1.42 bits per heavy atom. The number of nitrogens with zero attached hydrogens (tertiary/aromatic N) is 2. The number of carboxylic acid groups (broad SMARTS) is 1. The van der Waals surface area contributed by atoms with Crippen LogP contribution in [-0.4, -0.2) is 40.5 Å². The molecule has 1 aromatic carbocycles. The number of rotatable bonds is 7. The Labute approximate surface area is 153 Å². The summed E-state index contributed by atoms with van der Waals surface area (Å²) in [5.41, 5.74) is 0.948. The standard InChI is InChI=1S/C17H17N3O5S/c1-2-25-13-6-4-3-5-11(13)19-12-8-14(21)20(16(12)24)17-18-10(9-26-17)7-15(22)23/h3-6,9,12,19H,2,7-8H2,1H3,(H,22,23). The summed E-state index contributed by atoms with van der Waals surface area (Å²) < 4.78 is 5.52. The number of aliphatic carboxylic acids is 1. The molecule has 2 N–H and O–H groups in total. The molecular formula is C17H17N3O5S. The fourth-order valence-corrected chi connectivity index (χ4v) is 3.48. The number of ether oxygens (including phenoxy) is 1. The lowest BCUT2D eigenvalue weighted by Gasteiger charge is -2.16. The number of carbonyl (C=O) groups excluding carboxylic acids is 2. The Morgan fingerprint density at radius 2 is 2.19 bits per heavy atom. The molecule has 2 heterocycles. The summed E-state index contributed by atoms with van der Waals surface area (Å²) >= 11 is 1.07. The molecule has 1 unspecified atom stereocenters. The van der Waals surface area contributed by atoms with E-state index in [1.54, 1.807) is 12.1 Å². The van der Waals surface area contributed by atoms with Gasteiger partial charge in [-0.15, -0.1) is 11.3 Å². The number of benzene rings is 1. The van der Waals surface area contributed by atoms with Crippen LogP contribution < -0.4 is 15.0 Å². The summed E-state index contributed by atoms with van der Waals surface area (Å²) in [5.74, 6) is -1.21. The van der Waals surface area contributed by atoms with Crippen LogP contribution in [0.25, 0.3) is 0 Å². The number of para-hydroxylation sites is 2. The van der Waals surface area contributed by atoms with Gasteiger partial charge in [-0.25, -0.2) is 9.88 Å². The van der Waals surface area contributed by atoms with Crippen molar-refractivity contribution in [3.05, 3.63) is 35.3 Å². The topological polar surface area (TPSA) is 109 Å². The highest BCUT2D eigenvalue weighted by Gasteiger charge is 2.41. The van der Waals surface area contributed by atoms with E-state index in [-0.39, 0.29) is 23.9 Å². The predicted octanol–water partition coefficient (Wildman–Crippen LogP) is 1.91. The fourth-order valence-electron chi connectivity index (χ4n) is 2.64. The van der Waals surface area contributed by atoms with Crippen LogP contribution in [0.1, 0.15) is 19.0 Å². The summed E-state index contributed by atoms with van der Waals surface area (Å²) in [6.45, 7) is 2.34. The average Bonchev–Trinajstić information content (AvgIpc) is 3.13. The van der Waals surface area contributed by atoms with Gasteiger partial charge in [0, 0.05) is 5.38 Å². The number of hydrogen-bond acceptors (Lipinski definition) is 7. The largest absolute Gasteiger partial charge is 0.492 e. The van der Waals surface area contributed by atoms with Gasteiger partial charge in [0.2, 0.25) is 5.91 Å². The number of thiazole rings is 1. The van der Waals surface area contributed by atoms with E-state index in [9.17, 15) is 14.4 Å². The molecule has 1 atom stereocenters. The number of imide groups is 1. The highest BCUT2D eigenvalue weighted by molar-refractivity contribution is 7.14. The second kappa shape index (κ2) is 7.52. The minimum Gasteiger partial charge on any atom is -0.492 e. The van der Waals surface area contributed by atoms with E-state index in [4.69, 9.17) is 9.84 Å². The minimum absolute atomic E-state index is 0.00681. The first-order valence-corrected chi connectivity index (χ1v) is 8.89. The molecule has 1 aliphatic heterocycles. The van der Waals surface area contributed by atoms with E-state index in [0.717, 1.165) is 16.2 Å². The van der Waals surface area contributed by atoms with Crippen LogP contribution in [0, 0.1) is 0 Å². The summed E-state index contributed by atoms with van der Waals surface area (Å²) in [7, 11) is 0. The van der Waals surface area contributed by atoms with E-state index in [0.29, 0.717) is 23.7 Å². The maximum Gasteiger partial charge on any atom is 0.309 e. The van der Waals surface area contributed by atoms with Gasteiger partial charge in [0.15, 0.2) is 5.13 Å². The molecule has 1 saturated heterocycles. The van der Waals surface area contributed by atoms with Crippen molar-refractivity contribution in [2.24, 2.45) is 0 Å². The quantitative estimate of drug-likeness (QED) is 0.712. The Morgan fingerprint density at radius 3 is 2.92 bits per heavy atom. The summed E-state index contributed by atoms with van der Waals surface area (Å²) in [6.07, 6.45) is -0.261. The molecule has 0 radical (unpaired) electrons. The van der Waals surface area contributed by atoms with Gasteiger partial charge < -0.3 is 15.2 Å². The van der Waals surface area contributed by atoms with Crippen LogP contribution in [0.5, 0.6) is 5.75 Å². The zero-order chi connectivity index (χ0) is 18.7. The lowest BCUT2D eigenvalue weighted by Crippen LogP contribution is -2.34. The molecule has 0 bridgehead atoms. The number of carbonyl (C=O) groups is 3. The van der Waals surface area contributed by atoms with Crippen molar-refractivity contribution in [3.8, 4) is 5.75 Å². The van der Waals surface area contributed by atoms with Gasteiger partial charge in [0.05, 0.1) is 30.8 Å². The van der Waals surface area contributed by atoms with E-state index in [1.807, 2.05) is 19.1 Å². The predicted molar refractivity (Wildman–Crippen MR) is 95.6 cm³/mol. The Kier molecular flexibility index (Phi) is 5.17. The maximum absolute atomic E-state index is 12.7. The third-order valence-electron chi connectivity index (χ3n) is 3.73. The molecule has 136 valence electrons. The molecule has 26 heavy (non-hydrogen) atoms. The molecule has 3 rings (SSSR count). The van der Waals surface area contributed by atoms with Crippen LogP contribution in [0.15, 0.2) is 29.6 Å². The number of aromatic nitrogens is 1. The van der Waals surface area contributed by atoms with Crippen LogP contribution in [0.3, 0.4) is 0 Å². The van der Waals surface area contributed by atoms with E-state index in [1.165, 1.54) is 5.38 Å². The lowest BCUT2D eigenvalue weighted by atomic mass is 10.2. The fraction of sp³-hybridized carbons (Fsp3) is 0.294. The van der Waals surface area contributed by atoms with Crippen molar-refractivity contribution >= 4 is 39.9 Å². The van der Waals surface area contributed by atoms with Gasteiger partial charge >= 0.3 is 5.97 Å². The van der Waals surface area contributed by atoms with Crippen LogP contribution in [0.4, 0.5) is 10.8 Å². The Bertz CT molecular complexity index is 850. The highest BCUT2D eigenvalue weighted by atomic mass is 32.1. The second-order valence-electron chi connectivity index (χ2n) is 5.59. The molecule has 9 heteroatoms. The molecule has 2 amide bonds. The zero-order valence-corrected chi connectivity index (χ0v) is 14.8. The van der Waals surface area contributed by atoms with Gasteiger partial charge in [-0.1, -0.05) is 12.1 Å². The van der Waals surface area contributed by atoms with Gasteiger partial charge in [-0.2, -0.15) is 0 Å². The molecule has 0 saturated carbocycles. The molecule has 1 fully saturated rings. The van der Waals surface area contributed by atoms with Gasteiger partial charge in [0.25, 0.3) is 5.91 Å². The third-order valence-corrected chi connectivity index (χ3v) is 4.60. The third kappa shape index (κ3) is 3.67. The summed E-state index contributed by atoms with van der Waals surface area (Å²) in [4.78, 5) is 40.9. The van der Waals surface area contributed by atoms with Crippen molar-refractivity contribution in [1.82, 2.24) is 4.98 Å². The SMILES string of the molecule is CCOc1ccccc1NC1CC(=O)N(c2nc(CC(=O)O)cs2)C1=O. The molecule has 0 aliphatic carbocycles. The Hall–Kier alpha value is -2.94. The van der Waals surface area contributed by atoms with Crippen molar-refractivity contribution in [2.75, 3.05) is 16.8 Å². The smallest absolute Gasteiger partial charge is 0.309 e. The molecule has 1 aromatic heterocycles. The summed E-state index contributed by atoms with van der Waals surface area (Å²) in [6, 6.07) is 6.46. The average molecular weight is 375 g/mol. The normalized spacial score (nSPS) is 16.8. The van der Waals surface area contributed by atoms with E-state index < -0.39 is 17.9 Å². The lowest BCUT2D eigenvalue weighted by molar-refractivity contribution is -0.136. The van der Waals surface area contributed by atoms with Crippen molar-refractivity contribution < 1.29 is 24.2 Å². The van der Waals surface area contributed by atoms with Crippen LogP contribution in [0.2, 0.25) is 0 Å². The second-order valence-corrected chi connectivity index (χ2v) is 6.43. The number of nitrogens with one attached hydrogen (secondary N) is 1. The van der Waals surface area contributed by atoms with Crippen LogP contribution in [-0.2, 0) is 20.8 Å². The first-order chi connectivity index (χ1) is 12.5. The van der Waals surface area contributed by atoms with E-state index >= 15 is 0 Å². The molecule has 0 spiro atoms. The Balaban J connectivity index is 1.77. The molecule has 1 aliphatic rings. The van der Waals surface area contributed by atoms with Gasteiger partial charge in [0.1, 0.15) is 11.8 Å². The van der Waals surface area contributed by atoms with Crippen molar-refractivity contribution in [1.29, 1.82) is 0 Å². The van der Waals surface area contributed by atoms with Crippen molar-refractivity contribution in [2.45, 2.75) is 25.8 Å². The van der Waals surface area contributed by atoms with E-state index in [2.05, 4.69) is 10.3 Å². The summed E-state index contributed by atoms with van der Waals surface area (Å²) in [5, 5.41) is 13.6. The molecule has 8 nitrogen and oxygen atoms in total. The maximum atomic E-state index is 12.7. The number of anilines is 2.